The summed E-state index contributed by atoms with van der Waals surface area (Å²) in [4.78, 5) is 16.6. The number of methoxy groups -OCH3 is 1. The predicted octanol–water partition coefficient (Wildman–Crippen LogP) is 3.80. The number of nitrogens with zero attached hydrogens (tertiary/aromatic N) is 1. The van der Waals surface area contributed by atoms with E-state index < -0.39 is 12.0 Å². The number of nitrogens with two attached hydrogens (primary N) is 1. The van der Waals surface area contributed by atoms with Crippen molar-refractivity contribution in [3.8, 4) is 17.0 Å². The van der Waals surface area contributed by atoms with Crippen LogP contribution in [0.25, 0.3) is 22.2 Å². The van der Waals surface area contributed by atoms with Gasteiger partial charge >= 0.3 is 5.97 Å². The van der Waals surface area contributed by atoms with Gasteiger partial charge in [-0.2, -0.15) is 0 Å². The van der Waals surface area contributed by atoms with Gasteiger partial charge in [0, 0.05) is 27.6 Å². The average Bonchev–Trinajstić information content (AvgIpc) is 2.65. The highest BCUT2D eigenvalue weighted by Crippen LogP contribution is 2.33. The molecule has 26 heavy (non-hydrogen) atoms. The topological polar surface area (TPSA) is 85.4 Å². The van der Waals surface area contributed by atoms with Crippen LogP contribution in [0.5, 0.6) is 5.75 Å². The van der Waals surface area contributed by atoms with Gasteiger partial charge in [0.25, 0.3) is 0 Å². The SMILES string of the molecule is COc1ccc2nc(-c3ccccc3)cc(SC[C@H](N)CC(=O)O)c2c1. The number of aromatic nitrogens is 1. The molecule has 2 aromatic carbocycles. The summed E-state index contributed by atoms with van der Waals surface area (Å²) in [5.74, 6) is 0.379. The van der Waals surface area contributed by atoms with Crippen molar-refractivity contribution in [3.63, 3.8) is 0 Å². The molecule has 3 rings (SSSR count). The van der Waals surface area contributed by atoms with Gasteiger partial charge in [-0.05, 0) is 24.3 Å². The summed E-state index contributed by atoms with van der Waals surface area (Å²) in [6.45, 7) is 0. The molecule has 0 aliphatic heterocycles. The second-order valence-electron chi connectivity index (χ2n) is 5.92. The van der Waals surface area contributed by atoms with Gasteiger partial charge in [-0.3, -0.25) is 4.79 Å². The molecule has 5 nitrogen and oxygen atoms in total. The number of benzene rings is 2. The number of aliphatic carboxylic acids is 1. The van der Waals surface area contributed by atoms with Crippen molar-refractivity contribution in [3.05, 3.63) is 54.6 Å². The highest BCUT2D eigenvalue weighted by Gasteiger charge is 2.13. The zero-order chi connectivity index (χ0) is 18.5. The summed E-state index contributed by atoms with van der Waals surface area (Å²) in [5.41, 5.74) is 8.69. The van der Waals surface area contributed by atoms with E-state index in [-0.39, 0.29) is 6.42 Å². The van der Waals surface area contributed by atoms with E-state index in [9.17, 15) is 4.79 Å². The fourth-order valence-corrected chi connectivity index (χ4v) is 3.68. The first kappa shape index (κ1) is 18.2. The summed E-state index contributed by atoms with van der Waals surface area (Å²) < 4.78 is 5.33. The lowest BCUT2D eigenvalue weighted by Crippen LogP contribution is -2.26. The molecule has 0 fully saturated rings. The molecule has 0 saturated carbocycles. The average molecular weight is 368 g/mol. The molecule has 0 bridgehead atoms. The maximum Gasteiger partial charge on any atom is 0.304 e. The van der Waals surface area contributed by atoms with Crippen molar-refractivity contribution >= 4 is 28.6 Å². The normalized spacial score (nSPS) is 12.1. The number of fused-ring (bicyclic) bond motifs is 1. The molecular weight excluding hydrogens is 348 g/mol. The first-order valence-corrected chi connectivity index (χ1v) is 9.20. The third kappa shape index (κ3) is 4.33. The number of ether oxygens (including phenoxy) is 1. The molecule has 1 atom stereocenters. The van der Waals surface area contributed by atoms with Crippen molar-refractivity contribution in [2.24, 2.45) is 5.73 Å². The molecule has 0 saturated heterocycles. The van der Waals surface area contributed by atoms with Crippen LogP contribution in [-0.2, 0) is 4.79 Å². The summed E-state index contributed by atoms with van der Waals surface area (Å²) in [6, 6.07) is 17.3. The Morgan fingerprint density at radius 1 is 1.23 bits per heavy atom. The molecule has 0 aliphatic carbocycles. The van der Waals surface area contributed by atoms with Crippen LogP contribution in [-0.4, -0.2) is 35.0 Å². The van der Waals surface area contributed by atoms with E-state index in [1.54, 1.807) is 18.9 Å². The van der Waals surface area contributed by atoms with Crippen LogP contribution in [0.4, 0.5) is 0 Å². The second kappa shape index (κ2) is 8.21. The number of rotatable bonds is 7. The first-order valence-electron chi connectivity index (χ1n) is 8.21. The quantitative estimate of drug-likeness (QED) is 0.617. The molecule has 0 aliphatic rings. The van der Waals surface area contributed by atoms with Crippen molar-refractivity contribution in [1.82, 2.24) is 4.98 Å². The Hall–Kier alpha value is -2.57. The molecular formula is C20H20N2O3S. The smallest absolute Gasteiger partial charge is 0.304 e. The molecule has 0 amide bonds. The number of carbonyl (C=O) groups is 1. The Labute approximate surface area is 156 Å². The lowest BCUT2D eigenvalue weighted by molar-refractivity contribution is -0.137. The highest BCUT2D eigenvalue weighted by molar-refractivity contribution is 7.99. The summed E-state index contributed by atoms with van der Waals surface area (Å²) in [7, 11) is 1.63. The van der Waals surface area contributed by atoms with Crippen LogP contribution in [0.3, 0.4) is 0 Å². The molecule has 0 spiro atoms. The second-order valence-corrected chi connectivity index (χ2v) is 6.99. The van der Waals surface area contributed by atoms with Gasteiger partial charge in [-0.25, -0.2) is 4.98 Å². The highest BCUT2D eigenvalue weighted by atomic mass is 32.2. The van der Waals surface area contributed by atoms with E-state index in [0.29, 0.717) is 5.75 Å². The summed E-state index contributed by atoms with van der Waals surface area (Å²) in [5, 5.41) is 9.87. The monoisotopic (exact) mass is 368 g/mol. The van der Waals surface area contributed by atoms with E-state index in [2.05, 4.69) is 0 Å². The van der Waals surface area contributed by atoms with E-state index in [1.807, 2.05) is 54.6 Å². The van der Waals surface area contributed by atoms with Crippen LogP contribution in [0.1, 0.15) is 6.42 Å². The van der Waals surface area contributed by atoms with Crippen molar-refractivity contribution in [2.45, 2.75) is 17.4 Å². The van der Waals surface area contributed by atoms with Crippen molar-refractivity contribution < 1.29 is 14.6 Å². The number of thioether (sulfide) groups is 1. The minimum Gasteiger partial charge on any atom is -0.497 e. The van der Waals surface area contributed by atoms with Gasteiger partial charge in [-0.15, -0.1) is 11.8 Å². The summed E-state index contributed by atoms with van der Waals surface area (Å²) in [6.07, 6.45) is -0.0507. The predicted molar refractivity (Wildman–Crippen MR) is 105 cm³/mol. The van der Waals surface area contributed by atoms with Crippen LogP contribution < -0.4 is 10.5 Å². The molecule has 3 N–H and O–H groups in total. The Morgan fingerprint density at radius 2 is 2.00 bits per heavy atom. The lowest BCUT2D eigenvalue weighted by Gasteiger charge is -2.13. The minimum absolute atomic E-state index is 0.0507. The van der Waals surface area contributed by atoms with Gasteiger partial charge in [0.1, 0.15) is 5.75 Å². The number of carboxylic acids is 1. The largest absolute Gasteiger partial charge is 0.497 e. The van der Waals surface area contributed by atoms with E-state index in [1.165, 1.54) is 0 Å². The van der Waals surface area contributed by atoms with Gasteiger partial charge in [0.2, 0.25) is 0 Å². The van der Waals surface area contributed by atoms with Gasteiger partial charge < -0.3 is 15.6 Å². The van der Waals surface area contributed by atoms with Gasteiger partial charge in [-0.1, -0.05) is 30.3 Å². The minimum atomic E-state index is -0.885. The fourth-order valence-electron chi connectivity index (χ4n) is 2.66. The maximum absolute atomic E-state index is 10.8. The number of hydrogen-bond acceptors (Lipinski definition) is 5. The number of pyridine rings is 1. The summed E-state index contributed by atoms with van der Waals surface area (Å²) >= 11 is 1.54. The van der Waals surface area contributed by atoms with Crippen LogP contribution in [0.2, 0.25) is 0 Å². The molecule has 3 aromatic rings. The van der Waals surface area contributed by atoms with Crippen molar-refractivity contribution in [1.29, 1.82) is 0 Å². The van der Waals surface area contributed by atoms with Crippen LogP contribution in [0, 0.1) is 0 Å². The van der Waals surface area contributed by atoms with E-state index >= 15 is 0 Å². The molecule has 134 valence electrons. The first-order chi connectivity index (χ1) is 12.6. The molecule has 1 aromatic heterocycles. The molecule has 6 heteroatoms. The zero-order valence-corrected chi connectivity index (χ0v) is 15.2. The molecule has 0 radical (unpaired) electrons. The zero-order valence-electron chi connectivity index (χ0n) is 14.4. The van der Waals surface area contributed by atoms with Crippen LogP contribution in [0.15, 0.2) is 59.5 Å². The molecule has 0 unspecified atom stereocenters. The van der Waals surface area contributed by atoms with E-state index in [4.69, 9.17) is 20.6 Å². The van der Waals surface area contributed by atoms with Crippen molar-refractivity contribution in [2.75, 3.05) is 12.9 Å². The Morgan fingerprint density at radius 3 is 2.69 bits per heavy atom. The van der Waals surface area contributed by atoms with Gasteiger partial charge in [0.05, 0.1) is 24.7 Å². The lowest BCUT2D eigenvalue weighted by atomic mass is 10.1. The van der Waals surface area contributed by atoms with E-state index in [0.717, 1.165) is 32.8 Å². The Kier molecular flexibility index (Phi) is 5.75. The van der Waals surface area contributed by atoms with Crippen LogP contribution >= 0.6 is 11.8 Å². The Balaban J connectivity index is 2.00. The van der Waals surface area contributed by atoms with Gasteiger partial charge in [0.15, 0.2) is 0 Å². The third-order valence-corrected chi connectivity index (χ3v) is 5.18. The third-order valence-electron chi connectivity index (χ3n) is 3.94. The number of hydrogen-bond donors (Lipinski definition) is 2. The molecule has 1 heterocycles. The fraction of sp³-hybridized carbons (Fsp3) is 0.200. The maximum atomic E-state index is 10.8. The standard InChI is InChI=1S/C20H20N2O3S/c1-25-15-7-8-17-16(10-15)19(26-12-14(21)9-20(23)24)11-18(22-17)13-5-3-2-4-6-13/h2-8,10-11,14H,9,12,21H2,1H3,(H,23,24)/t14-/m1/s1. The number of carboxylic acid groups (broad SMARTS) is 1. The Bertz CT molecular complexity index is 916.